The largest absolute Gasteiger partial charge is 0.497 e. The highest BCUT2D eigenvalue weighted by atomic mass is 16.5. The van der Waals surface area contributed by atoms with Gasteiger partial charge in [0.1, 0.15) is 5.75 Å². The van der Waals surface area contributed by atoms with E-state index in [-0.39, 0.29) is 0 Å². The molecule has 6 heteroatoms. The smallest absolute Gasteiger partial charge is 0.439 e. The molecule has 2 aromatic heterocycles. The van der Waals surface area contributed by atoms with Gasteiger partial charge in [0.25, 0.3) is 0 Å². The molecule has 0 fully saturated rings. The molecule has 0 aliphatic rings. The van der Waals surface area contributed by atoms with Crippen molar-refractivity contribution in [3.05, 3.63) is 70.8 Å². The van der Waals surface area contributed by atoms with Crippen molar-refractivity contribution in [1.29, 1.82) is 0 Å². The molecule has 120 valence electrons. The molecular formula is C18H15N3O3. The summed E-state index contributed by atoms with van der Waals surface area (Å²) in [6.07, 6.45) is 2.04. The van der Waals surface area contributed by atoms with Gasteiger partial charge in [-0.05, 0) is 35.2 Å². The number of nitrogens with zero attached hydrogens (tertiary/aromatic N) is 2. The molecule has 0 spiro atoms. The van der Waals surface area contributed by atoms with Crippen LogP contribution in [0.5, 0.6) is 5.75 Å². The highest BCUT2D eigenvalue weighted by Gasteiger charge is 2.08. The van der Waals surface area contributed by atoms with Crippen LogP contribution in [0.1, 0.15) is 5.56 Å². The number of ether oxygens (including phenoxy) is 1. The Balaban J connectivity index is 1.74. The van der Waals surface area contributed by atoms with Gasteiger partial charge in [-0.2, -0.15) is 0 Å². The fourth-order valence-corrected chi connectivity index (χ4v) is 2.79. The van der Waals surface area contributed by atoms with Crippen LogP contribution in [0.2, 0.25) is 0 Å². The number of hydrogen-bond donors (Lipinski definition) is 1. The summed E-state index contributed by atoms with van der Waals surface area (Å²) in [7, 11) is 1.66. The first-order chi connectivity index (χ1) is 11.7. The average Bonchev–Trinajstić information content (AvgIpc) is 3.21. The van der Waals surface area contributed by atoms with E-state index in [1.807, 2.05) is 42.6 Å². The molecule has 4 aromatic rings. The summed E-state index contributed by atoms with van der Waals surface area (Å²) in [6.45, 7) is 0.722. The van der Waals surface area contributed by atoms with Gasteiger partial charge in [0.2, 0.25) is 0 Å². The fourth-order valence-electron chi connectivity index (χ4n) is 2.79. The third-order valence-electron chi connectivity index (χ3n) is 3.97. The van der Waals surface area contributed by atoms with E-state index in [1.165, 1.54) is 0 Å². The lowest BCUT2D eigenvalue weighted by Gasteiger charge is -2.08. The number of H-pyrrole nitrogens is 1. The molecule has 0 amide bonds. The summed E-state index contributed by atoms with van der Waals surface area (Å²) in [5.41, 5.74) is 3.00. The number of hydrogen-bond acceptors (Lipinski definition) is 4. The second-order valence-electron chi connectivity index (χ2n) is 5.51. The number of rotatable bonds is 4. The molecule has 0 saturated heterocycles. The van der Waals surface area contributed by atoms with Crippen molar-refractivity contribution in [3.8, 4) is 17.1 Å². The molecule has 0 aliphatic carbocycles. The molecule has 0 radical (unpaired) electrons. The second-order valence-corrected chi connectivity index (χ2v) is 5.51. The Labute approximate surface area is 137 Å². The van der Waals surface area contributed by atoms with Crippen LogP contribution in [-0.4, -0.2) is 21.8 Å². The Kier molecular flexibility index (Phi) is 3.42. The Morgan fingerprint density at radius 2 is 2.12 bits per heavy atom. The van der Waals surface area contributed by atoms with E-state index >= 15 is 0 Å². The summed E-state index contributed by atoms with van der Waals surface area (Å²) < 4.78 is 12.0. The van der Waals surface area contributed by atoms with Crippen molar-refractivity contribution in [3.63, 3.8) is 0 Å². The van der Waals surface area contributed by atoms with Crippen LogP contribution in [0.4, 0.5) is 0 Å². The summed E-state index contributed by atoms with van der Waals surface area (Å²) >= 11 is 0. The summed E-state index contributed by atoms with van der Waals surface area (Å²) in [6, 6.07) is 15.9. The molecule has 24 heavy (non-hydrogen) atoms. The minimum atomic E-state index is -0.558. The first-order valence-corrected chi connectivity index (χ1v) is 7.51. The molecular weight excluding hydrogens is 306 g/mol. The van der Waals surface area contributed by atoms with E-state index in [0.29, 0.717) is 5.82 Å². The van der Waals surface area contributed by atoms with Crippen LogP contribution in [0.15, 0.2) is 64.0 Å². The van der Waals surface area contributed by atoms with E-state index in [2.05, 4.69) is 31.4 Å². The maximum atomic E-state index is 11.1. The van der Waals surface area contributed by atoms with Gasteiger partial charge in [0.15, 0.2) is 5.82 Å². The van der Waals surface area contributed by atoms with Crippen molar-refractivity contribution in [1.82, 2.24) is 14.7 Å². The average molecular weight is 321 g/mol. The number of aromatic amines is 1. The molecule has 1 N–H and O–H groups in total. The van der Waals surface area contributed by atoms with E-state index in [0.717, 1.165) is 34.3 Å². The standard InChI is InChI=1S/C18H15N3O3/c1-23-15-4-2-3-12(9-15)11-21-8-7-13-5-6-14(10-16(13)21)17-19-18(22)24-20-17/h2-10H,11H2,1H3,(H,19,20,22). The number of benzene rings is 2. The van der Waals surface area contributed by atoms with Crippen molar-refractivity contribution >= 4 is 10.9 Å². The molecule has 2 heterocycles. The lowest BCUT2D eigenvalue weighted by molar-refractivity contribution is 0.388. The Bertz CT molecular complexity index is 1060. The highest BCUT2D eigenvalue weighted by molar-refractivity contribution is 5.84. The molecule has 0 saturated carbocycles. The van der Waals surface area contributed by atoms with Crippen LogP contribution in [-0.2, 0) is 6.54 Å². The van der Waals surface area contributed by atoms with Gasteiger partial charge in [-0.15, -0.1) is 0 Å². The highest BCUT2D eigenvalue weighted by Crippen LogP contribution is 2.24. The minimum Gasteiger partial charge on any atom is -0.497 e. The van der Waals surface area contributed by atoms with Crippen LogP contribution < -0.4 is 10.5 Å². The predicted molar refractivity (Wildman–Crippen MR) is 90.2 cm³/mol. The number of aromatic nitrogens is 3. The van der Waals surface area contributed by atoms with E-state index in [1.54, 1.807) is 7.11 Å². The zero-order chi connectivity index (χ0) is 16.5. The lowest BCUT2D eigenvalue weighted by Crippen LogP contribution is -1.98. The van der Waals surface area contributed by atoms with E-state index in [9.17, 15) is 4.79 Å². The maximum Gasteiger partial charge on any atom is 0.439 e. The van der Waals surface area contributed by atoms with Crippen LogP contribution >= 0.6 is 0 Å². The van der Waals surface area contributed by atoms with Gasteiger partial charge in [-0.25, -0.2) is 4.79 Å². The molecule has 0 atom stereocenters. The van der Waals surface area contributed by atoms with Gasteiger partial charge in [0.05, 0.1) is 7.11 Å². The minimum absolute atomic E-state index is 0.427. The maximum absolute atomic E-state index is 11.1. The zero-order valence-corrected chi connectivity index (χ0v) is 13.0. The molecule has 4 rings (SSSR count). The summed E-state index contributed by atoms with van der Waals surface area (Å²) in [5.74, 6) is 0.706. The summed E-state index contributed by atoms with van der Waals surface area (Å²) in [5, 5.41) is 4.86. The molecule has 0 aliphatic heterocycles. The predicted octanol–water partition coefficient (Wildman–Crippen LogP) is 3.04. The number of methoxy groups -OCH3 is 1. The van der Waals surface area contributed by atoms with Crippen LogP contribution in [0, 0.1) is 0 Å². The third-order valence-corrected chi connectivity index (χ3v) is 3.97. The number of fused-ring (bicyclic) bond motifs is 1. The SMILES string of the molecule is COc1cccc(Cn2ccc3ccc(-c4noc(=O)[nH]4)cc32)c1. The molecule has 6 nitrogen and oxygen atoms in total. The lowest BCUT2D eigenvalue weighted by atomic mass is 10.1. The van der Waals surface area contributed by atoms with Crippen LogP contribution in [0.3, 0.4) is 0 Å². The van der Waals surface area contributed by atoms with E-state index in [4.69, 9.17) is 4.74 Å². The molecule has 0 bridgehead atoms. The van der Waals surface area contributed by atoms with Gasteiger partial charge in [-0.1, -0.05) is 29.4 Å². The van der Waals surface area contributed by atoms with Crippen molar-refractivity contribution in [2.75, 3.05) is 7.11 Å². The van der Waals surface area contributed by atoms with Gasteiger partial charge in [0, 0.05) is 23.8 Å². The van der Waals surface area contributed by atoms with E-state index < -0.39 is 5.76 Å². The molecule has 0 unspecified atom stereocenters. The Morgan fingerprint density at radius 3 is 2.92 bits per heavy atom. The number of nitrogens with one attached hydrogen (secondary N) is 1. The fraction of sp³-hybridized carbons (Fsp3) is 0.111. The second kappa shape index (κ2) is 5.73. The van der Waals surface area contributed by atoms with Gasteiger partial charge in [-0.3, -0.25) is 9.51 Å². The first kappa shape index (κ1) is 14.3. The van der Waals surface area contributed by atoms with Crippen LogP contribution in [0.25, 0.3) is 22.3 Å². The normalized spacial score (nSPS) is 11.0. The first-order valence-electron chi connectivity index (χ1n) is 7.51. The van der Waals surface area contributed by atoms with Crippen molar-refractivity contribution in [2.24, 2.45) is 0 Å². The third kappa shape index (κ3) is 2.58. The van der Waals surface area contributed by atoms with Crippen molar-refractivity contribution in [2.45, 2.75) is 6.54 Å². The molecule has 2 aromatic carbocycles. The Morgan fingerprint density at radius 1 is 1.21 bits per heavy atom. The Hall–Kier alpha value is -3.28. The summed E-state index contributed by atoms with van der Waals surface area (Å²) in [4.78, 5) is 13.7. The topological polar surface area (TPSA) is 73.0 Å². The van der Waals surface area contributed by atoms with Crippen molar-refractivity contribution < 1.29 is 9.26 Å². The monoisotopic (exact) mass is 321 g/mol. The zero-order valence-electron chi connectivity index (χ0n) is 13.0. The quantitative estimate of drug-likeness (QED) is 0.627. The van der Waals surface area contributed by atoms with Gasteiger partial charge < -0.3 is 9.30 Å². The van der Waals surface area contributed by atoms with Gasteiger partial charge >= 0.3 is 5.76 Å².